The highest BCUT2D eigenvalue weighted by Crippen LogP contribution is 2.31. The van der Waals surface area contributed by atoms with E-state index in [-0.39, 0.29) is 12.1 Å². The molecule has 1 rings (SSSR count). The lowest BCUT2D eigenvalue weighted by molar-refractivity contribution is -0.140. The third-order valence-electron chi connectivity index (χ3n) is 2.25. The lowest BCUT2D eigenvalue weighted by Crippen LogP contribution is -2.24. The Kier molecular flexibility index (Phi) is 4.93. The molecule has 0 aromatic heterocycles. The van der Waals surface area contributed by atoms with E-state index in [1.165, 1.54) is 0 Å². The van der Waals surface area contributed by atoms with Crippen molar-refractivity contribution >= 4 is 5.91 Å². The number of rotatable bonds is 3. The zero-order chi connectivity index (χ0) is 14.5. The van der Waals surface area contributed by atoms with Gasteiger partial charge in [0.25, 0.3) is 5.91 Å². The van der Waals surface area contributed by atoms with Gasteiger partial charge in [-0.2, -0.15) is 13.2 Å². The van der Waals surface area contributed by atoms with Crippen molar-refractivity contribution in [2.75, 3.05) is 6.54 Å². The third-order valence-corrected chi connectivity index (χ3v) is 2.25. The van der Waals surface area contributed by atoms with Crippen molar-refractivity contribution in [1.29, 1.82) is 0 Å². The monoisotopic (exact) mass is 273 g/mol. The molecule has 0 radical (unpaired) electrons. The van der Waals surface area contributed by atoms with Crippen LogP contribution in [0.15, 0.2) is 18.2 Å². The number of hydrogen-bond acceptors (Lipinski definition) is 1. The molecule has 0 bridgehead atoms. The highest BCUT2D eigenvalue weighted by atomic mass is 19.4. The van der Waals surface area contributed by atoms with Gasteiger partial charge in [0.1, 0.15) is 5.82 Å². The molecule has 0 unspecified atom stereocenters. The second-order valence-corrected chi connectivity index (χ2v) is 3.63. The Morgan fingerprint density at radius 1 is 1.37 bits per heavy atom. The minimum absolute atomic E-state index is 0.221. The summed E-state index contributed by atoms with van der Waals surface area (Å²) in [4.78, 5) is 11.5. The number of hydrogen-bond donors (Lipinski definition) is 1. The van der Waals surface area contributed by atoms with Gasteiger partial charge in [-0.15, -0.1) is 11.8 Å². The first-order valence-corrected chi connectivity index (χ1v) is 5.41. The summed E-state index contributed by atoms with van der Waals surface area (Å²) in [5, 5.41) is 2.40. The van der Waals surface area contributed by atoms with E-state index in [0.717, 1.165) is 6.07 Å². The third kappa shape index (κ3) is 4.28. The van der Waals surface area contributed by atoms with Crippen LogP contribution in [0, 0.1) is 17.7 Å². The molecule has 6 heteroatoms. The van der Waals surface area contributed by atoms with Crippen LogP contribution in [0.25, 0.3) is 0 Å². The highest BCUT2D eigenvalue weighted by molar-refractivity contribution is 5.94. The van der Waals surface area contributed by atoms with Crippen LogP contribution in [0.2, 0.25) is 0 Å². The summed E-state index contributed by atoms with van der Waals surface area (Å²) >= 11 is 0. The number of carbonyl (C=O) groups is 1. The molecule has 0 spiro atoms. The van der Waals surface area contributed by atoms with Crippen LogP contribution in [-0.2, 0) is 6.18 Å². The summed E-state index contributed by atoms with van der Waals surface area (Å²) in [5.74, 6) is 3.22. The smallest absolute Gasteiger partial charge is 0.351 e. The molecule has 102 valence electrons. The van der Waals surface area contributed by atoms with Crippen molar-refractivity contribution in [3.8, 4) is 11.8 Å². The van der Waals surface area contributed by atoms with Crippen LogP contribution in [-0.4, -0.2) is 12.5 Å². The van der Waals surface area contributed by atoms with Gasteiger partial charge in [0.15, 0.2) is 0 Å². The molecule has 0 aliphatic rings. The fourth-order valence-electron chi connectivity index (χ4n) is 1.35. The van der Waals surface area contributed by atoms with Crippen LogP contribution < -0.4 is 5.32 Å². The van der Waals surface area contributed by atoms with Gasteiger partial charge in [-0.1, -0.05) is 0 Å². The first kappa shape index (κ1) is 15.0. The fraction of sp³-hybridized carbons (Fsp3) is 0.308. The van der Waals surface area contributed by atoms with Crippen molar-refractivity contribution in [3.05, 3.63) is 35.1 Å². The number of benzene rings is 1. The van der Waals surface area contributed by atoms with Crippen molar-refractivity contribution in [3.63, 3.8) is 0 Å². The molecular weight excluding hydrogens is 262 g/mol. The number of carbonyl (C=O) groups excluding carboxylic acids is 1. The van der Waals surface area contributed by atoms with Crippen LogP contribution in [0.4, 0.5) is 17.6 Å². The molecule has 0 aliphatic heterocycles. The van der Waals surface area contributed by atoms with Crippen LogP contribution in [0.1, 0.15) is 29.3 Å². The molecule has 0 saturated carbocycles. The molecule has 0 fully saturated rings. The summed E-state index contributed by atoms with van der Waals surface area (Å²) in [6.45, 7) is 1.86. The van der Waals surface area contributed by atoms with Crippen molar-refractivity contribution in [2.45, 2.75) is 19.5 Å². The van der Waals surface area contributed by atoms with E-state index in [9.17, 15) is 22.4 Å². The first-order chi connectivity index (χ1) is 8.86. The number of amides is 1. The van der Waals surface area contributed by atoms with E-state index >= 15 is 0 Å². The Morgan fingerprint density at radius 2 is 2.05 bits per heavy atom. The van der Waals surface area contributed by atoms with Gasteiger partial charge in [0.05, 0.1) is 5.56 Å². The standard InChI is InChI=1S/C13H11F4NO/c1-2-3-4-7-18-12(19)9-5-6-11(14)10(8-9)13(15,16)17/h5-6,8H,4,7H2,1H3,(H,18,19). The van der Waals surface area contributed by atoms with Gasteiger partial charge in [-0.05, 0) is 25.1 Å². The minimum atomic E-state index is -4.83. The average molecular weight is 273 g/mol. The maximum Gasteiger partial charge on any atom is 0.419 e. The molecule has 2 nitrogen and oxygen atoms in total. The lowest BCUT2D eigenvalue weighted by Gasteiger charge is -2.10. The van der Waals surface area contributed by atoms with E-state index < -0.39 is 23.5 Å². The van der Waals surface area contributed by atoms with E-state index in [4.69, 9.17) is 0 Å². The van der Waals surface area contributed by atoms with Crippen molar-refractivity contribution < 1.29 is 22.4 Å². The molecule has 19 heavy (non-hydrogen) atoms. The summed E-state index contributed by atoms with van der Waals surface area (Å²) in [5.41, 5.74) is -1.69. The molecule has 0 saturated heterocycles. The van der Waals surface area contributed by atoms with Crippen LogP contribution >= 0.6 is 0 Å². The predicted molar refractivity (Wildman–Crippen MR) is 61.8 cm³/mol. The average Bonchev–Trinajstić information content (AvgIpc) is 2.33. The number of nitrogens with one attached hydrogen (secondary N) is 1. The Balaban J connectivity index is 2.83. The van der Waals surface area contributed by atoms with Gasteiger partial charge in [-0.3, -0.25) is 4.79 Å². The molecule has 1 aromatic rings. The van der Waals surface area contributed by atoms with Gasteiger partial charge >= 0.3 is 6.18 Å². The van der Waals surface area contributed by atoms with Gasteiger partial charge in [-0.25, -0.2) is 4.39 Å². The molecular formula is C13H11F4NO. The topological polar surface area (TPSA) is 29.1 Å². The first-order valence-electron chi connectivity index (χ1n) is 5.41. The molecule has 1 aromatic carbocycles. The maximum absolute atomic E-state index is 13.0. The number of halogens is 4. The quantitative estimate of drug-likeness (QED) is 0.512. The molecule has 0 aliphatic carbocycles. The zero-order valence-corrected chi connectivity index (χ0v) is 10.1. The van der Waals surface area contributed by atoms with Crippen molar-refractivity contribution in [2.24, 2.45) is 0 Å². The van der Waals surface area contributed by atoms with E-state index in [0.29, 0.717) is 18.6 Å². The molecule has 0 heterocycles. The normalized spacial score (nSPS) is 10.6. The summed E-state index contributed by atoms with van der Waals surface area (Å²) in [6, 6.07) is 2.13. The maximum atomic E-state index is 13.0. The second-order valence-electron chi connectivity index (χ2n) is 3.63. The Hall–Kier alpha value is -2.03. The molecule has 0 atom stereocenters. The SMILES string of the molecule is CC#CCCNC(=O)c1ccc(F)c(C(F)(F)F)c1. The highest BCUT2D eigenvalue weighted by Gasteiger charge is 2.34. The van der Waals surface area contributed by atoms with Crippen molar-refractivity contribution in [1.82, 2.24) is 5.32 Å². The van der Waals surface area contributed by atoms with Crippen LogP contribution in [0.3, 0.4) is 0 Å². The molecule has 1 amide bonds. The van der Waals surface area contributed by atoms with Gasteiger partial charge in [0, 0.05) is 18.5 Å². The zero-order valence-electron chi connectivity index (χ0n) is 10.1. The largest absolute Gasteiger partial charge is 0.419 e. The van der Waals surface area contributed by atoms with E-state index in [1.54, 1.807) is 6.92 Å². The van der Waals surface area contributed by atoms with Gasteiger partial charge < -0.3 is 5.32 Å². The Bertz CT molecular complexity index is 526. The summed E-state index contributed by atoms with van der Waals surface area (Å²) in [6.07, 6.45) is -4.43. The second kappa shape index (κ2) is 6.23. The fourth-order valence-corrected chi connectivity index (χ4v) is 1.35. The molecule has 1 N–H and O–H groups in total. The van der Waals surface area contributed by atoms with Crippen LogP contribution in [0.5, 0.6) is 0 Å². The van der Waals surface area contributed by atoms with Gasteiger partial charge in [0.2, 0.25) is 0 Å². The number of alkyl halides is 3. The van der Waals surface area contributed by atoms with E-state index in [2.05, 4.69) is 17.2 Å². The summed E-state index contributed by atoms with van der Waals surface area (Å²) < 4.78 is 50.4. The van der Waals surface area contributed by atoms with E-state index in [1.807, 2.05) is 0 Å². The minimum Gasteiger partial charge on any atom is -0.351 e. The lowest BCUT2D eigenvalue weighted by atomic mass is 10.1. The Morgan fingerprint density at radius 3 is 2.63 bits per heavy atom. The summed E-state index contributed by atoms with van der Waals surface area (Å²) in [7, 11) is 0. The Labute approximate surface area is 107 Å². The predicted octanol–water partition coefficient (Wildman–Crippen LogP) is 2.99.